The number of aromatic nitrogens is 2. The van der Waals surface area contributed by atoms with Gasteiger partial charge in [0.15, 0.2) is 11.5 Å². The van der Waals surface area contributed by atoms with Gasteiger partial charge in [0, 0.05) is 25.2 Å². The van der Waals surface area contributed by atoms with Crippen LogP contribution in [-0.2, 0) is 12.8 Å². The molecule has 2 aliphatic heterocycles. The molecule has 148 valence electrons. The van der Waals surface area contributed by atoms with Crippen molar-refractivity contribution >= 4 is 11.7 Å². The number of hydrogen-bond acceptors (Lipinski definition) is 6. The predicted octanol–water partition coefficient (Wildman–Crippen LogP) is 2.16. The van der Waals surface area contributed by atoms with E-state index in [9.17, 15) is 4.79 Å². The van der Waals surface area contributed by atoms with Gasteiger partial charge in [-0.2, -0.15) is 0 Å². The summed E-state index contributed by atoms with van der Waals surface area (Å²) in [7, 11) is 3.31. The summed E-state index contributed by atoms with van der Waals surface area (Å²) in [6, 6.07) is 6.12. The third-order valence-electron chi connectivity index (χ3n) is 5.53. The number of aryl methyl sites for hydroxylation is 1. The largest absolute Gasteiger partial charge is 0.493 e. The molecule has 0 bridgehead atoms. The maximum absolute atomic E-state index is 12.2. The molecule has 1 saturated heterocycles. The van der Waals surface area contributed by atoms with Crippen molar-refractivity contribution in [3.63, 3.8) is 0 Å². The topological polar surface area (TPSA) is 76.6 Å². The highest BCUT2D eigenvalue weighted by molar-refractivity contribution is 5.96. The Kier molecular flexibility index (Phi) is 5.07. The van der Waals surface area contributed by atoms with E-state index in [1.54, 1.807) is 14.2 Å². The van der Waals surface area contributed by atoms with E-state index in [4.69, 9.17) is 14.5 Å². The van der Waals surface area contributed by atoms with Gasteiger partial charge in [0.25, 0.3) is 5.91 Å². The van der Waals surface area contributed by atoms with Crippen LogP contribution < -0.4 is 19.7 Å². The Morgan fingerprint density at radius 3 is 2.82 bits per heavy atom. The normalized spacial score (nSPS) is 18.6. The van der Waals surface area contributed by atoms with Crippen LogP contribution in [0.2, 0.25) is 0 Å². The molecular formula is C21H26N4O3. The fraction of sp³-hybridized carbons (Fsp3) is 0.476. The number of carbonyl (C=O) groups excluding carboxylic acids is 1. The summed E-state index contributed by atoms with van der Waals surface area (Å²) in [5, 5.41) is 2.87. The Balaban J connectivity index is 1.52. The minimum absolute atomic E-state index is 0.0888. The lowest BCUT2D eigenvalue weighted by molar-refractivity contribution is 0.0940. The summed E-state index contributed by atoms with van der Waals surface area (Å²) >= 11 is 0. The molecule has 0 spiro atoms. The molecule has 1 aromatic carbocycles. The molecule has 0 radical (unpaired) electrons. The monoisotopic (exact) mass is 382 g/mol. The van der Waals surface area contributed by atoms with E-state index < -0.39 is 0 Å². The number of hydrogen-bond donors (Lipinski definition) is 1. The van der Waals surface area contributed by atoms with E-state index >= 15 is 0 Å². The number of carbonyl (C=O) groups is 1. The van der Waals surface area contributed by atoms with Crippen molar-refractivity contribution < 1.29 is 14.3 Å². The Morgan fingerprint density at radius 1 is 1.21 bits per heavy atom. The van der Waals surface area contributed by atoms with Crippen LogP contribution in [-0.4, -0.2) is 49.7 Å². The third kappa shape index (κ3) is 3.48. The van der Waals surface area contributed by atoms with Crippen LogP contribution in [0.15, 0.2) is 18.2 Å². The lowest BCUT2D eigenvalue weighted by Crippen LogP contribution is -2.35. The number of nitrogens with one attached hydrogen (secondary N) is 1. The van der Waals surface area contributed by atoms with E-state index in [2.05, 4.69) is 27.3 Å². The van der Waals surface area contributed by atoms with Gasteiger partial charge >= 0.3 is 0 Å². The van der Waals surface area contributed by atoms with Crippen LogP contribution in [0.3, 0.4) is 0 Å². The van der Waals surface area contributed by atoms with Gasteiger partial charge in [-0.05, 0) is 49.8 Å². The molecule has 1 N–H and O–H groups in total. The zero-order chi connectivity index (χ0) is 19.7. The van der Waals surface area contributed by atoms with Gasteiger partial charge in [-0.3, -0.25) is 4.79 Å². The fourth-order valence-electron chi connectivity index (χ4n) is 4.18. The van der Waals surface area contributed by atoms with Gasteiger partial charge in [0.2, 0.25) is 0 Å². The van der Waals surface area contributed by atoms with Crippen molar-refractivity contribution in [3.05, 3.63) is 40.8 Å². The highest BCUT2D eigenvalue weighted by Crippen LogP contribution is 2.32. The zero-order valence-corrected chi connectivity index (χ0v) is 16.6. The number of fused-ring (bicyclic) bond motifs is 1. The number of amides is 1. The number of nitrogens with zero attached hydrogens (tertiary/aromatic N) is 3. The average molecular weight is 382 g/mol. The van der Waals surface area contributed by atoms with Crippen molar-refractivity contribution in [3.8, 4) is 11.5 Å². The van der Waals surface area contributed by atoms with Crippen molar-refractivity contribution in [1.82, 2.24) is 15.3 Å². The second-order valence-electron chi connectivity index (χ2n) is 7.42. The summed E-state index contributed by atoms with van der Waals surface area (Å²) in [6.07, 6.45) is 2.86. The molecule has 1 unspecified atom stereocenters. The number of anilines is 1. The molecule has 0 aliphatic carbocycles. The smallest absolute Gasteiger partial charge is 0.270 e. The van der Waals surface area contributed by atoms with Crippen LogP contribution in [0.4, 0.5) is 5.82 Å². The molecule has 2 aliphatic rings. The highest BCUT2D eigenvalue weighted by atomic mass is 16.5. The quantitative estimate of drug-likeness (QED) is 0.854. The van der Waals surface area contributed by atoms with Crippen LogP contribution >= 0.6 is 0 Å². The molecule has 1 fully saturated rings. The Bertz CT molecular complexity index is 899. The van der Waals surface area contributed by atoms with Gasteiger partial charge in [0.1, 0.15) is 17.3 Å². The van der Waals surface area contributed by atoms with E-state index in [0.717, 1.165) is 55.2 Å². The molecule has 7 nitrogen and oxygen atoms in total. The van der Waals surface area contributed by atoms with E-state index in [1.165, 1.54) is 5.56 Å². The maximum atomic E-state index is 12.2. The SMILES string of the molecule is COc1ccc(CC2CCN(c3nc(C)nc4c3CCNC4=O)C2)cc1OC. The number of rotatable bonds is 5. The molecule has 28 heavy (non-hydrogen) atoms. The van der Waals surface area contributed by atoms with Gasteiger partial charge in [-0.15, -0.1) is 0 Å². The van der Waals surface area contributed by atoms with Crippen molar-refractivity contribution in [2.75, 3.05) is 38.8 Å². The molecule has 0 saturated carbocycles. The first kappa shape index (κ1) is 18.5. The summed E-state index contributed by atoms with van der Waals surface area (Å²) in [5.74, 6) is 3.54. The summed E-state index contributed by atoms with van der Waals surface area (Å²) in [4.78, 5) is 23.6. The molecule has 3 heterocycles. The van der Waals surface area contributed by atoms with Crippen LogP contribution in [0.1, 0.15) is 33.9 Å². The minimum atomic E-state index is -0.0888. The molecule has 1 amide bonds. The second-order valence-corrected chi connectivity index (χ2v) is 7.42. The third-order valence-corrected chi connectivity index (χ3v) is 5.53. The predicted molar refractivity (Wildman–Crippen MR) is 106 cm³/mol. The minimum Gasteiger partial charge on any atom is -0.493 e. The first-order valence-electron chi connectivity index (χ1n) is 9.70. The molecule has 1 aromatic heterocycles. The van der Waals surface area contributed by atoms with Gasteiger partial charge < -0.3 is 19.7 Å². The van der Waals surface area contributed by atoms with E-state index in [-0.39, 0.29) is 5.91 Å². The Morgan fingerprint density at radius 2 is 2.04 bits per heavy atom. The summed E-state index contributed by atoms with van der Waals surface area (Å²) in [5.41, 5.74) is 2.77. The Hall–Kier alpha value is -2.83. The number of methoxy groups -OCH3 is 2. The number of benzene rings is 1. The van der Waals surface area contributed by atoms with Gasteiger partial charge in [0.05, 0.1) is 14.2 Å². The number of ether oxygens (including phenoxy) is 2. The van der Waals surface area contributed by atoms with Crippen LogP contribution in [0, 0.1) is 12.8 Å². The average Bonchev–Trinajstić information content (AvgIpc) is 3.16. The Labute approximate surface area is 165 Å². The van der Waals surface area contributed by atoms with Crippen LogP contribution in [0.25, 0.3) is 0 Å². The van der Waals surface area contributed by atoms with Crippen molar-refractivity contribution in [1.29, 1.82) is 0 Å². The first-order valence-corrected chi connectivity index (χ1v) is 9.70. The summed E-state index contributed by atoms with van der Waals surface area (Å²) in [6.45, 7) is 4.37. The molecule has 2 aromatic rings. The maximum Gasteiger partial charge on any atom is 0.270 e. The lowest BCUT2D eigenvalue weighted by Gasteiger charge is -2.25. The molecule has 4 rings (SSSR count). The first-order chi connectivity index (χ1) is 13.6. The lowest BCUT2D eigenvalue weighted by atomic mass is 9.98. The summed E-state index contributed by atoms with van der Waals surface area (Å²) < 4.78 is 10.8. The molecule has 1 atom stereocenters. The van der Waals surface area contributed by atoms with Crippen molar-refractivity contribution in [2.45, 2.75) is 26.2 Å². The van der Waals surface area contributed by atoms with E-state index in [1.807, 2.05) is 13.0 Å². The van der Waals surface area contributed by atoms with Crippen LogP contribution in [0.5, 0.6) is 11.5 Å². The van der Waals surface area contributed by atoms with Gasteiger partial charge in [-0.25, -0.2) is 9.97 Å². The fourth-order valence-corrected chi connectivity index (χ4v) is 4.18. The highest BCUT2D eigenvalue weighted by Gasteiger charge is 2.30. The van der Waals surface area contributed by atoms with E-state index in [0.29, 0.717) is 24.0 Å². The zero-order valence-electron chi connectivity index (χ0n) is 16.6. The molecular weight excluding hydrogens is 356 g/mol. The van der Waals surface area contributed by atoms with Crippen molar-refractivity contribution in [2.24, 2.45) is 5.92 Å². The second kappa shape index (κ2) is 7.66. The standard InChI is InChI=1S/C21H26N4O3/c1-13-23-19-16(6-8-22-21(19)26)20(24-13)25-9-7-15(12-25)10-14-4-5-17(27-2)18(11-14)28-3/h4-5,11,15H,6-10,12H2,1-3H3,(H,22,26). The molecule has 7 heteroatoms. The van der Waals surface area contributed by atoms with Gasteiger partial charge in [-0.1, -0.05) is 6.07 Å².